The number of benzene rings is 1. The molecule has 0 radical (unpaired) electrons. The maximum absolute atomic E-state index is 5.99. The van der Waals surface area contributed by atoms with E-state index in [9.17, 15) is 0 Å². The SMILES string of the molecule is CC(C)(C)c1nc(-c2ccccc2)ccc1N. The van der Waals surface area contributed by atoms with E-state index in [1.165, 1.54) is 0 Å². The lowest BCUT2D eigenvalue weighted by Gasteiger charge is -2.20. The Bertz CT molecular complexity index is 510. The topological polar surface area (TPSA) is 38.9 Å². The number of nitrogens with two attached hydrogens (primary N) is 1. The van der Waals surface area contributed by atoms with Gasteiger partial charge in [0.05, 0.1) is 17.1 Å². The fraction of sp³-hybridized carbons (Fsp3) is 0.267. The van der Waals surface area contributed by atoms with E-state index in [2.05, 4.69) is 37.9 Å². The van der Waals surface area contributed by atoms with Crippen LogP contribution in [0.25, 0.3) is 11.3 Å². The van der Waals surface area contributed by atoms with Crippen LogP contribution in [0.1, 0.15) is 26.5 Å². The smallest absolute Gasteiger partial charge is 0.0707 e. The van der Waals surface area contributed by atoms with E-state index in [-0.39, 0.29) is 5.41 Å². The molecule has 0 saturated heterocycles. The van der Waals surface area contributed by atoms with Crippen molar-refractivity contribution < 1.29 is 0 Å². The van der Waals surface area contributed by atoms with Crippen molar-refractivity contribution in [3.63, 3.8) is 0 Å². The minimum Gasteiger partial charge on any atom is -0.397 e. The van der Waals surface area contributed by atoms with Crippen LogP contribution in [-0.2, 0) is 5.41 Å². The molecule has 17 heavy (non-hydrogen) atoms. The first kappa shape index (κ1) is 11.6. The molecule has 0 aliphatic heterocycles. The third-order valence-corrected chi connectivity index (χ3v) is 2.71. The second-order valence-electron chi connectivity index (χ2n) is 5.25. The van der Waals surface area contributed by atoms with Gasteiger partial charge in [-0.25, -0.2) is 0 Å². The Balaban J connectivity index is 2.53. The number of hydrogen-bond acceptors (Lipinski definition) is 2. The van der Waals surface area contributed by atoms with E-state index in [0.29, 0.717) is 0 Å². The molecule has 2 heteroatoms. The van der Waals surface area contributed by atoms with Crippen molar-refractivity contribution >= 4 is 5.69 Å². The number of nitrogen functional groups attached to an aromatic ring is 1. The molecule has 2 aromatic rings. The quantitative estimate of drug-likeness (QED) is 0.806. The lowest BCUT2D eigenvalue weighted by atomic mass is 9.90. The average molecular weight is 226 g/mol. The Morgan fingerprint density at radius 3 is 2.18 bits per heavy atom. The summed E-state index contributed by atoms with van der Waals surface area (Å²) in [5.41, 5.74) is 9.78. The molecule has 1 aromatic carbocycles. The molecule has 0 fully saturated rings. The van der Waals surface area contributed by atoms with Gasteiger partial charge < -0.3 is 5.73 Å². The van der Waals surface area contributed by atoms with Gasteiger partial charge in [0.1, 0.15) is 0 Å². The normalized spacial score (nSPS) is 11.5. The van der Waals surface area contributed by atoms with Crippen molar-refractivity contribution in [1.29, 1.82) is 0 Å². The summed E-state index contributed by atoms with van der Waals surface area (Å²) in [6, 6.07) is 14.1. The molecule has 0 amide bonds. The number of anilines is 1. The minimum atomic E-state index is -0.0329. The molecule has 0 saturated carbocycles. The molecule has 1 aromatic heterocycles. The van der Waals surface area contributed by atoms with Gasteiger partial charge in [-0.2, -0.15) is 0 Å². The van der Waals surface area contributed by atoms with E-state index in [4.69, 9.17) is 5.73 Å². The van der Waals surface area contributed by atoms with Gasteiger partial charge in [0.2, 0.25) is 0 Å². The summed E-state index contributed by atoms with van der Waals surface area (Å²) >= 11 is 0. The molecule has 0 bridgehead atoms. The molecule has 0 aliphatic carbocycles. The van der Waals surface area contributed by atoms with E-state index < -0.39 is 0 Å². The first-order valence-corrected chi connectivity index (χ1v) is 5.81. The monoisotopic (exact) mass is 226 g/mol. The lowest BCUT2D eigenvalue weighted by Crippen LogP contribution is -2.16. The lowest BCUT2D eigenvalue weighted by molar-refractivity contribution is 0.572. The van der Waals surface area contributed by atoms with Crippen LogP contribution in [0.15, 0.2) is 42.5 Å². The standard InChI is InChI=1S/C15H18N2/c1-15(2,3)14-12(16)9-10-13(17-14)11-7-5-4-6-8-11/h4-10H,16H2,1-3H3. The van der Waals surface area contributed by atoms with Crippen LogP contribution < -0.4 is 5.73 Å². The largest absolute Gasteiger partial charge is 0.397 e. The fourth-order valence-corrected chi connectivity index (χ4v) is 1.84. The molecule has 2 rings (SSSR count). The van der Waals surface area contributed by atoms with Gasteiger partial charge in [-0.15, -0.1) is 0 Å². The summed E-state index contributed by atoms with van der Waals surface area (Å²) in [6.07, 6.45) is 0. The van der Waals surface area contributed by atoms with Gasteiger partial charge in [-0.1, -0.05) is 51.1 Å². The van der Waals surface area contributed by atoms with Gasteiger partial charge in [0.15, 0.2) is 0 Å². The molecule has 0 spiro atoms. The third kappa shape index (κ3) is 2.47. The molecule has 2 nitrogen and oxygen atoms in total. The van der Waals surface area contributed by atoms with Crippen LogP contribution in [0.4, 0.5) is 5.69 Å². The second-order valence-corrected chi connectivity index (χ2v) is 5.25. The number of aromatic nitrogens is 1. The molecule has 2 N–H and O–H groups in total. The molecular weight excluding hydrogens is 208 g/mol. The zero-order valence-corrected chi connectivity index (χ0v) is 10.6. The highest BCUT2D eigenvalue weighted by molar-refractivity contribution is 5.62. The number of pyridine rings is 1. The van der Waals surface area contributed by atoms with E-state index in [1.54, 1.807) is 0 Å². The molecule has 88 valence electrons. The summed E-state index contributed by atoms with van der Waals surface area (Å²) in [5.74, 6) is 0. The van der Waals surface area contributed by atoms with Crippen LogP contribution in [0.5, 0.6) is 0 Å². The molecule has 0 atom stereocenters. The molecule has 1 heterocycles. The van der Waals surface area contributed by atoms with Crippen LogP contribution in [0, 0.1) is 0 Å². The number of rotatable bonds is 1. The Hall–Kier alpha value is -1.83. The van der Waals surface area contributed by atoms with Crippen molar-refractivity contribution in [2.75, 3.05) is 5.73 Å². The van der Waals surface area contributed by atoms with Crippen LogP contribution in [0.3, 0.4) is 0 Å². The highest BCUT2D eigenvalue weighted by atomic mass is 14.8. The zero-order valence-electron chi connectivity index (χ0n) is 10.6. The van der Waals surface area contributed by atoms with Crippen molar-refractivity contribution in [1.82, 2.24) is 4.98 Å². The number of hydrogen-bond donors (Lipinski definition) is 1. The average Bonchev–Trinajstić information content (AvgIpc) is 2.29. The Morgan fingerprint density at radius 2 is 1.59 bits per heavy atom. The third-order valence-electron chi connectivity index (χ3n) is 2.71. The van der Waals surface area contributed by atoms with Crippen molar-refractivity contribution in [2.45, 2.75) is 26.2 Å². The predicted molar refractivity (Wildman–Crippen MR) is 72.8 cm³/mol. The fourth-order valence-electron chi connectivity index (χ4n) is 1.84. The molecule has 0 unspecified atom stereocenters. The minimum absolute atomic E-state index is 0.0329. The maximum atomic E-state index is 5.99. The van der Waals surface area contributed by atoms with Crippen molar-refractivity contribution in [3.8, 4) is 11.3 Å². The molecule has 0 aliphatic rings. The predicted octanol–water partition coefficient (Wildman–Crippen LogP) is 3.63. The van der Waals surface area contributed by atoms with Crippen LogP contribution >= 0.6 is 0 Å². The van der Waals surface area contributed by atoms with Crippen LogP contribution in [0.2, 0.25) is 0 Å². The van der Waals surface area contributed by atoms with Gasteiger partial charge >= 0.3 is 0 Å². The van der Waals surface area contributed by atoms with Crippen LogP contribution in [-0.4, -0.2) is 4.98 Å². The van der Waals surface area contributed by atoms with Gasteiger partial charge in [-0.05, 0) is 12.1 Å². The highest BCUT2D eigenvalue weighted by Crippen LogP contribution is 2.28. The van der Waals surface area contributed by atoms with Crippen molar-refractivity contribution in [2.24, 2.45) is 0 Å². The zero-order chi connectivity index (χ0) is 12.5. The molecular formula is C15H18N2. The van der Waals surface area contributed by atoms with Crippen molar-refractivity contribution in [3.05, 3.63) is 48.2 Å². The van der Waals surface area contributed by atoms with E-state index in [0.717, 1.165) is 22.6 Å². The van der Waals surface area contributed by atoms with E-state index in [1.807, 2.05) is 30.3 Å². The Labute approximate surface area is 103 Å². The second kappa shape index (κ2) is 4.21. The highest BCUT2D eigenvalue weighted by Gasteiger charge is 2.19. The first-order chi connectivity index (χ1) is 7.98. The number of nitrogens with zero attached hydrogens (tertiary/aromatic N) is 1. The van der Waals surface area contributed by atoms with Gasteiger partial charge in [0, 0.05) is 11.0 Å². The summed E-state index contributed by atoms with van der Waals surface area (Å²) in [5, 5.41) is 0. The summed E-state index contributed by atoms with van der Waals surface area (Å²) in [6.45, 7) is 6.38. The van der Waals surface area contributed by atoms with Gasteiger partial charge in [0.25, 0.3) is 0 Å². The first-order valence-electron chi connectivity index (χ1n) is 5.81. The van der Waals surface area contributed by atoms with Gasteiger partial charge in [-0.3, -0.25) is 4.98 Å². The Morgan fingerprint density at radius 1 is 0.941 bits per heavy atom. The van der Waals surface area contributed by atoms with E-state index >= 15 is 0 Å². The summed E-state index contributed by atoms with van der Waals surface area (Å²) in [7, 11) is 0. The summed E-state index contributed by atoms with van der Waals surface area (Å²) < 4.78 is 0. The summed E-state index contributed by atoms with van der Waals surface area (Å²) in [4.78, 5) is 4.69. The maximum Gasteiger partial charge on any atom is 0.0707 e. The Kier molecular flexibility index (Phi) is 2.88.